The Labute approximate surface area is 95.4 Å². The fourth-order valence-electron chi connectivity index (χ4n) is 1.29. The molecular weight excluding hydrogens is 204 g/mol. The van der Waals surface area contributed by atoms with E-state index in [9.17, 15) is 4.79 Å². The lowest BCUT2D eigenvalue weighted by molar-refractivity contribution is -0.132. The summed E-state index contributed by atoms with van der Waals surface area (Å²) in [6.45, 7) is 2.66. The van der Waals surface area contributed by atoms with E-state index in [1.807, 2.05) is 37.3 Å². The second kappa shape index (κ2) is 6.80. The molecule has 0 amide bonds. The van der Waals surface area contributed by atoms with Crippen molar-refractivity contribution >= 4 is 5.97 Å². The van der Waals surface area contributed by atoms with Crippen LogP contribution in [0.1, 0.15) is 18.9 Å². The molecule has 0 aliphatic rings. The molecule has 0 spiro atoms. The number of aliphatic carboxylic acids is 1. The van der Waals surface area contributed by atoms with Crippen LogP contribution in [0.4, 0.5) is 0 Å². The summed E-state index contributed by atoms with van der Waals surface area (Å²) in [4.78, 5) is 10.7. The lowest BCUT2D eigenvalue weighted by atomic mass is 10.2. The predicted molar refractivity (Wildman–Crippen MR) is 62.1 cm³/mol. The summed E-state index contributed by atoms with van der Waals surface area (Å²) in [6, 6.07) is 9.79. The van der Waals surface area contributed by atoms with Gasteiger partial charge in [-0.2, -0.15) is 0 Å². The van der Waals surface area contributed by atoms with Crippen molar-refractivity contribution in [2.75, 3.05) is 6.61 Å². The van der Waals surface area contributed by atoms with Crippen molar-refractivity contribution < 1.29 is 14.6 Å². The maximum Gasteiger partial charge on any atom is 0.331 e. The highest BCUT2D eigenvalue weighted by Gasteiger charge is 2.02. The third-order valence-corrected chi connectivity index (χ3v) is 2.21. The van der Waals surface area contributed by atoms with Gasteiger partial charge < -0.3 is 9.84 Å². The molecule has 0 saturated heterocycles. The van der Waals surface area contributed by atoms with Crippen molar-refractivity contribution in [3.63, 3.8) is 0 Å². The van der Waals surface area contributed by atoms with Crippen LogP contribution in [0, 0.1) is 0 Å². The van der Waals surface area contributed by atoms with Gasteiger partial charge in [0, 0.05) is 5.57 Å². The third-order valence-electron chi connectivity index (χ3n) is 2.21. The van der Waals surface area contributed by atoms with Gasteiger partial charge in [-0.3, -0.25) is 0 Å². The molecule has 16 heavy (non-hydrogen) atoms. The summed E-state index contributed by atoms with van der Waals surface area (Å²) in [6.07, 6.45) is 2.13. The highest BCUT2D eigenvalue weighted by molar-refractivity contribution is 5.86. The minimum atomic E-state index is -0.870. The van der Waals surface area contributed by atoms with Crippen LogP contribution in [0.5, 0.6) is 0 Å². The van der Waals surface area contributed by atoms with Crippen LogP contribution in [0.15, 0.2) is 42.0 Å². The molecule has 86 valence electrons. The summed E-state index contributed by atoms with van der Waals surface area (Å²) in [5.41, 5.74) is 1.48. The first kappa shape index (κ1) is 12.5. The number of carboxylic acid groups (broad SMARTS) is 1. The van der Waals surface area contributed by atoms with E-state index in [0.29, 0.717) is 25.2 Å². The summed E-state index contributed by atoms with van der Waals surface area (Å²) in [5.74, 6) is -0.870. The topological polar surface area (TPSA) is 46.5 Å². The maximum atomic E-state index is 10.7. The van der Waals surface area contributed by atoms with Gasteiger partial charge in [-0.05, 0) is 18.1 Å². The van der Waals surface area contributed by atoms with Crippen LogP contribution >= 0.6 is 0 Å². The molecule has 1 rings (SSSR count). The van der Waals surface area contributed by atoms with Gasteiger partial charge in [-0.25, -0.2) is 4.79 Å². The average Bonchev–Trinajstić information content (AvgIpc) is 2.30. The highest BCUT2D eigenvalue weighted by Crippen LogP contribution is 2.03. The van der Waals surface area contributed by atoms with Gasteiger partial charge in [-0.1, -0.05) is 37.3 Å². The second-order valence-electron chi connectivity index (χ2n) is 3.39. The summed E-state index contributed by atoms with van der Waals surface area (Å²) in [5, 5.41) is 8.77. The monoisotopic (exact) mass is 220 g/mol. The van der Waals surface area contributed by atoms with E-state index in [0.717, 1.165) is 5.56 Å². The molecule has 1 aromatic carbocycles. The molecule has 0 bridgehead atoms. The fourth-order valence-corrected chi connectivity index (χ4v) is 1.29. The maximum absolute atomic E-state index is 10.7. The molecule has 3 nitrogen and oxygen atoms in total. The Kier molecular flexibility index (Phi) is 5.29. The summed E-state index contributed by atoms with van der Waals surface area (Å²) in [7, 11) is 0. The molecule has 0 aliphatic carbocycles. The first-order valence-corrected chi connectivity index (χ1v) is 5.28. The number of ether oxygens (including phenoxy) is 1. The van der Waals surface area contributed by atoms with Crippen LogP contribution in [-0.2, 0) is 16.1 Å². The van der Waals surface area contributed by atoms with Gasteiger partial charge in [-0.15, -0.1) is 0 Å². The molecule has 0 radical (unpaired) electrons. The molecule has 0 aliphatic heterocycles. The van der Waals surface area contributed by atoms with Gasteiger partial charge in [0.15, 0.2) is 0 Å². The Morgan fingerprint density at radius 3 is 2.62 bits per heavy atom. The zero-order valence-corrected chi connectivity index (χ0v) is 9.35. The van der Waals surface area contributed by atoms with Gasteiger partial charge in [0.2, 0.25) is 0 Å². The highest BCUT2D eigenvalue weighted by atomic mass is 16.5. The lowest BCUT2D eigenvalue weighted by Crippen LogP contribution is -2.01. The van der Waals surface area contributed by atoms with Crippen LogP contribution in [-0.4, -0.2) is 17.7 Å². The fraction of sp³-hybridized carbons (Fsp3) is 0.308. The van der Waals surface area contributed by atoms with E-state index in [4.69, 9.17) is 9.84 Å². The Morgan fingerprint density at radius 2 is 2.06 bits per heavy atom. The minimum absolute atomic E-state index is 0.338. The lowest BCUT2D eigenvalue weighted by Gasteiger charge is -2.02. The van der Waals surface area contributed by atoms with Crippen molar-refractivity contribution in [3.05, 3.63) is 47.5 Å². The van der Waals surface area contributed by atoms with E-state index < -0.39 is 5.97 Å². The van der Waals surface area contributed by atoms with Gasteiger partial charge in [0.1, 0.15) is 0 Å². The standard InChI is InChI=1S/C13H16O3/c1-2-12(13(14)15)8-9-16-10-11-6-4-3-5-7-11/h3-8H,2,9-10H2,1H3,(H,14,15)/b12-8+. The Hall–Kier alpha value is -1.61. The molecule has 1 N–H and O–H groups in total. The largest absolute Gasteiger partial charge is 0.478 e. The summed E-state index contributed by atoms with van der Waals surface area (Å²) < 4.78 is 5.36. The summed E-state index contributed by atoms with van der Waals surface area (Å²) >= 11 is 0. The molecule has 0 atom stereocenters. The Bertz CT molecular complexity index is 355. The molecular formula is C13H16O3. The third kappa shape index (κ3) is 4.28. The first-order valence-electron chi connectivity index (χ1n) is 5.28. The number of hydrogen-bond acceptors (Lipinski definition) is 2. The van der Waals surface area contributed by atoms with E-state index >= 15 is 0 Å². The van der Waals surface area contributed by atoms with Crippen molar-refractivity contribution in [2.45, 2.75) is 20.0 Å². The van der Waals surface area contributed by atoms with Crippen molar-refractivity contribution in [1.82, 2.24) is 0 Å². The van der Waals surface area contributed by atoms with Gasteiger partial charge in [0.05, 0.1) is 13.2 Å². The Balaban J connectivity index is 2.34. The van der Waals surface area contributed by atoms with E-state index in [1.54, 1.807) is 6.08 Å². The molecule has 0 unspecified atom stereocenters. The zero-order chi connectivity index (χ0) is 11.8. The number of rotatable bonds is 6. The number of benzene rings is 1. The van der Waals surface area contributed by atoms with Crippen molar-refractivity contribution in [3.8, 4) is 0 Å². The van der Waals surface area contributed by atoms with Gasteiger partial charge >= 0.3 is 5.97 Å². The molecule has 0 fully saturated rings. The number of hydrogen-bond donors (Lipinski definition) is 1. The minimum Gasteiger partial charge on any atom is -0.478 e. The second-order valence-corrected chi connectivity index (χ2v) is 3.39. The van der Waals surface area contributed by atoms with Crippen LogP contribution in [0.3, 0.4) is 0 Å². The van der Waals surface area contributed by atoms with Crippen LogP contribution < -0.4 is 0 Å². The molecule has 0 saturated carbocycles. The van der Waals surface area contributed by atoms with Gasteiger partial charge in [0.25, 0.3) is 0 Å². The number of carboxylic acids is 1. The van der Waals surface area contributed by atoms with Crippen LogP contribution in [0.25, 0.3) is 0 Å². The van der Waals surface area contributed by atoms with E-state index in [1.165, 1.54) is 0 Å². The Morgan fingerprint density at radius 1 is 1.38 bits per heavy atom. The van der Waals surface area contributed by atoms with E-state index in [2.05, 4.69) is 0 Å². The molecule has 1 aromatic rings. The van der Waals surface area contributed by atoms with E-state index in [-0.39, 0.29) is 0 Å². The average molecular weight is 220 g/mol. The van der Waals surface area contributed by atoms with Crippen LogP contribution in [0.2, 0.25) is 0 Å². The molecule has 0 heterocycles. The first-order chi connectivity index (χ1) is 7.74. The van der Waals surface area contributed by atoms with Crippen molar-refractivity contribution in [2.24, 2.45) is 0 Å². The molecule has 0 aromatic heterocycles. The normalized spacial score (nSPS) is 11.4. The number of carbonyl (C=O) groups is 1. The SMILES string of the molecule is CC/C(=C\COCc1ccccc1)C(=O)O. The zero-order valence-electron chi connectivity index (χ0n) is 9.35. The predicted octanol–water partition coefficient (Wildman–Crippen LogP) is 2.62. The quantitative estimate of drug-likeness (QED) is 0.592. The smallest absolute Gasteiger partial charge is 0.331 e. The van der Waals surface area contributed by atoms with Crippen molar-refractivity contribution in [1.29, 1.82) is 0 Å². The molecule has 3 heteroatoms.